The molecule has 0 heterocycles. The number of aliphatic hydroxyl groups is 1. The SMILES string of the molecule is OCCCc1cc(Cl)c2c(c1)CCC2. The molecule has 0 saturated heterocycles. The van der Waals surface area contributed by atoms with Crippen molar-refractivity contribution in [2.45, 2.75) is 32.1 Å². The third-order valence-electron chi connectivity index (χ3n) is 2.84. The molecule has 0 amide bonds. The molecule has 1 N–H and O–H groups in total. The molecule has 1 nitrogen and oxygen atoms in total. The molecule has 0 bridgehead atoms. The smallest absolute Gasteiger partial charge is 0.0443 e. The number of halogens is 1. The first-order valence-corrected chi connectivity index (χ1v) is 5.60. The van der Waals surface area contributed by atoms with E-state index in [1.807, 2.05) is 0 Å². The van der Waals surface area contributed by atoms with Crippen molar-refractivity contribution in [1.82, 2.24) is 0 Å². The summed E-state index contributed by atoms with van der Waals surface area (Å²) in [7, 11) is 0. The van der Waals surface area contributed by atoms with E-state index in [-0.39, 0.29) is 6.61 Å². The Morgan fingerprint density at radius 2 is 2.14 bits per heavy atom. The highest BCUT2D eigenvalue weighted by Gasteiger charge is 2.14. The molecule has 0 atom stereocenters. The van der Waals surface area contributed by atoms with Gasteiger partial charge in [0.1, 0.15) is 0 Å². The van der Waals surface area contributed by atoms with E-state index in [4.69, 9.17) is 16.7 Å². The van der Waals surface area contributed by atoms with Crippen LogP contribution in [0, 0.1) is 0 Å². The monoisotopic (exact) mass is 210 g/mol. The van der Waals surface area contributed by atoms with Crippen molar-refractivity contribution < 1.29 is 5.11 Å². The Morgan fingerprint density at radius 1 is 1.29 bits per heavy atom. The molecule has 1 aromatic carbocycles. The van der Waals surface area contributed by atoms with E-state index in [2.05, 4.69) is 12.1 Å². The van der Waals surface area contributed by atoms with Gasteiger partial charge >= 0.3 is 0 Å². The average Bonchev–Trinajstić information content (AvgIpc) is 2.63. The second-order valence-corrected chi connectivity index (χ2v) is 4.30. The average molecular weight is 211 g/mol. The lowest BCUT2D eigenvalue weighted by atomic mass is 10.0. The second kappa shape index (κ2) is 4.33. The maximum Gasteiger partial charge on any atom is 0.0443 e. The summed E-state index contributed by atoms with van der Waals surface area (Å²) in [5.41, 5.74) is 4.04. The molecule has 14 heavy (non-hydrogen) atoms. The molecule has 2 heteroatoms. The minimum atomic E-state index is 0.259. The van der Waals surface area contributed by atoms with E-state index in [1.54, 1.807) is 0 Å². The Kier molecular flexibility index (Phi) is 3.09. The highest BCUT2D eigenvalue weighted by Crippen LogP contribution is 2.30. The highest BCUT2D eigenvalue weighted by molar-refractivity contribution is 6.31. The molecule has 0 radical (unpaired) electrons. The van der Waals surface area contributed by atoms with Gasteiger partial charge in [-0.3, -0.25) is 0 Å². The predicted molar refractivity (Wildman–Crippen MR) is 58.9 cm³/mol. The lowest BCUT2D eigenvalue weighted by molar-refractivity contribution is 0.288. The third kappa shape index (κ3) is 1.94. The van der Waals surface area contributed by atoms with Gasteiger partial charge in [-0.1, -0.05) is 17.7 Å². The van der Waals surface area contributed by atoms with Crippen molar-refractivity contribution in [2.75, 3.05) is 6.61 Å². The number of aryl methyl sites for hydroxylation is 2. The Bertz CT molecular complexity index is 333. The van der Waals surface area contributed by atoms with Crippen molar-refractivity contribution in [3.63, 3.8) is 0 Å². The van der Waals surface area contributed by atoms with Gasteiger partial charge in [0, 0.05) is 11.6 Å². The van der Waals surface area contributed by atoms with Gasteiger partial charge in [-0.15, -0.1) is 0 Å². The summed E-state index contributed by atoms with van der Waals surface area (Å²) in [5, 5.41) is 9.68. The number of hydrogen-bond acceptors (Lipinski definition) is 1. The van der Waals surface area contributed by atoms with E-state index in [0.29, 0.717) is 0 Å². The van der Waals surface area contributed by atoms with Gasteiger partial charge in [0.25, 0.3) is 0 Å². The first kappa shape index (κ1) is 10.0. The van der Waals surface area contributed by atoms with E-state index < -0.39 is 0 Å². The lowest BCUT2D eigenvalue weighted by Crippen LogP contribution is -1.93. The van der Waals surface area contributed by atoms with Crippen LogP contribution in [0.4, 0.5) is 0 Å². The summed E-state index contributed by atoms with van der Waals surface area (Å²) in [5.74, 6) is 0. The Hall–Kier alpha value is -0.530. The van der Waals surface area contributed by atoms with Crippen LogP contribution in [0.5, 0.6) is 0 Å². The van der Waals surface area contributed by atoms with Crippen molar-refractivity contribution in [3.05, 3.63) is 33.8 Å². The molecule has 0 spiro atoms. The van der Waals surface area contributed by atoms with Crippen molar-refractivity contribution in [3.8, 4) is 0 Å². The Labute approximate surface area is 89.7 Å². The number of rotatable bonds is 3. The molecule has 0 aliphatic heterocycles. The fourth-order valence-corrected chi connectivity index (χ4v) is 2.50. The summed E-state index contributed by atoms with van der Waals surface area (Å²) in [6.45, 7) is 0.259. The zero-order valence-electron chi connectivity index (χ0n) is 8.22. The van der Waals surface area contributed by atoms with Gasteiger partial charge in [-0.2, -0.15) is 0 Å². The minimum absolute atomic E-state index is 0.259. The number of hydrogen-bond donors (Lipinski definition) is 1. The summed E-state index contributed by atoms with van der Waals surface area (Å²) < 4.78 is 0. The molecule has 76 valence electrons. The van der Waals surface area contributed by atoms with Crippen LogP contribution < -0.4 is 0 Å². The fourth-order valence-electron chi connectivity index (χ4n) is 2.14. The van der Waals surface area contributed by atoms with Gasteiger partial charge in [0.05, 0.1) is 0 Å². The van der Waals surface area contributed by atoms with Crippen molar-refractivity contribution >= 4 is 11.6 Å². The predicted octanol–water partition coefficient (Wildman–Crippen LogP) is 2.75. The van der Waals surface area contributed by atoms with Crippen molar-refractivity contribution in [2.24, 2.45) is 0 Å². The molecule has 1 aliphatic rings. The number of fused-ring (bicyclic) bond motifs is 1. The third-order valence-corrected chi connectivity index (χ3v) is 3.18. The van der Waals surface area contributed by atoms with Crippen LogP contribution in [0.25, 0.3) is 0 Å². The molecule has 0 fully saturated rings. The maximum absolute atomic E-state index is 8.76. The molecule has 0 saturated carbocycles. The Balaban J connectivity index is 2.23. The van der Waals surface area contributed by atoms with Crippen LogP contribution in [-0.4, -0.2) is 11.7 Å². The van der Waals surface area contributed by atoms with Gasteiger partial charge in [-0.05, 0) is 54.9 Å². The Morgan fingerprint density at radius 3 is 2.93 bits per heavy atom. The van der Waals surface area contributed by atoms with Crippen LogP contribution >= 0.6 is 11.6 Å². The summed E-state index contributed by atoms with van der Waals surface area (Å²) >= 11 is 6.19. The molecule has 2 rings (SSSR count). The molecule has 0 unspecified atom stereocenters. The van der Waals surface area contributed by atoms with Gasteiger partial charge in [0.15, 0.2) is 0 Å². The largest absolute Gasteiger partial charge is 0.396 e. The molecular formula is C12H15ClO. The number of aliphatic hydroxyl groups excluding tert-OH is 1. The van der Waals surface area contributed by atoms with Crippen LogP contribution in [-0.2, 0) is 19.3 Å². The quantitative estimate of drug-likeness (QED) is 0.814. The second-order valence-electron chi connectivity index (χ2n) is 3.90. The zero-order valence-corrected chi connectivity index (χ0v) is 8.98. The van der Waals surface area contributed by atoms with Crippen LogP contribution in [0.1, 0.15) is 29.5 Å². The van der Waals surface area contributed by atoms with Crippen molar-refractivity contribution in [1.29, 1.82) is 0 Å². The normalized spacial score (nSPS) is 14.4. The fraction of sp³-hybridized carbons (Fsp3) is 0.500. The zero-order chi connectivity index (χ0) is 9.97. The first-order valence-electron chi connectivity index (χ1n) is 5.22. The molecule has 1 aromatic rings. The van der Waals surface area contributed by atoms with E-state index >= 15 is 0 Å². The van der Waals surface area contributed by atoms with Gasteiger partial charge in [0.2, 0.25) is 0 Å². The number of benzene rings is 1. The van der Waals surface area contributed by atoms with E-state index in [0.717, 1.165) is 24.3 Å². The minimum Gasteiger partial charge on any atom is -0.396 e. The van der Waals surface area contributed by atoms with Crippen LogP contribution in [0.15, 0.2) is 12.1 Å². The lowest BCUT2D eigenvalue weighted by Gasteiger charge is -2.06. The first-order chi connectivity index (χ1) is 6.81. The highest BCUT2D eigenvalue weighted by atomic mass is 35.5. The van der Waals surface area contributed by atoms with E-state index in [9.17, 15) is 0 Å². The van der Waals surface area contributed by atoms with Gasteiger partial charge in [-0.25, -0.2) is 0 Å². The van der Waals surface area contributed by atoms with E-state index in [1.165, 1.54) is 29.5 Å². The summed E-state index contributed by atoms with van der Waals surface area (Å²) in [6.07, 6.45) is 5.30. The van der Waals surface area contributed by atoms with Gasteiger partial charge < -0.3 is 5.11 Å². The molecule has 1 aliphatic carbocycles. The standard InChI is InChI=1S/C12H15ClO/c13-12-8-9(3-2-6-14)7-10-4-1-5-11(10)12/h7-8,14H,1-6H2. The summed E-state index contributed by atoms with van der Waals surface area (Å²) in [4.78, 5) is 0. The van der Waals surface area contributed by atoms with Crippen LogP contribution in [0.2, 0.25) is 5.02 Å². The topological polar surface area (TPSA) is 20.2 Å². The molecule has 0 aromatic heterocycles. The maximum atomic E-state index is 8.76. The summed E-state index contributed by atoms with van der Waals surface area (Å²) in [6, 6.07) is 4.31. The molecular weight excluding hydrogens is 196 g/mol. The van der Waals surface area contributed by atoms with Crippen LogP contribution in [0.3, 0.4) is 0 Å².